The number of sulfonamides is 1. The molecule has 0 aromatic heterocycles. The number of nitrogens with one attached hydrogen (secondary N) is 1. The molecule has 0 fully saturated rings. The molecular weight excluding hydrogens is 601 g/mol. The van der Waals surface area contributed by atoms with E-state index in [4.69, 9.17) is 0 Å². The molecular formula is C37H42FN3O4S. The molecule has 1 atom stereocenters. The van der Waals surface area contributed by atoms with Crippen LogP contribution in [-0.2, 0) is 32.6 Å². The van der Waals surface area contributed by atoms with Crippen molar-refractivity contribution in [2.45, 2.75) is 70.0 Å². The molecule has 0 radical (unpaired) electrons. The van der Waals surface area contributed by atoms with Gasteiger partial charge in [-0.25, -0.2) is 12.8 Å². The van der Waals surface area contributed by atoms with E-state index in [1.165, 1.54) is 29.2 Å². The normalized spacial score (nSPS) is 12.4. The largest absolute Gasteiger partial charge is 0.350 e. The topological polar surface area (TPSA) is 86.8 Å². The van der Waals surface area contributed by atoms with Crippen LogP contribution in [0.15, 0.2) is 114 Å². The van der Waals surface area contributed by atoms with E-state index >= 15 is 0 Å². The number of carbonyl (C=O) groups is 2. The predicted molar refractivity (Wildman–Crippen MR) is 180 cm³/mol. The first-order chi connectivity index (χ1) is 21.7. The second-order valence-corrected chi connectivity index (χ2v) is 14.5. The maximum Gasteiger partial charge on any atom is 0.264 e. The third-order valence-electron chi connectivity index (χ3n) is 7.49. The smallest absolute Gasteiger partial charge is 0.264 e. The lowest BCUT2D eigenvalue weighted by Gasteiger charge is -2.35. The number of carbonyl (C=O) groups excluding carboxylic acids is 2. The van der Waals surface area contributed by atoms with E-state index in [9.17, 15) is 22.4 Å². The summed E-state index contributed by atoms with van der Waals surface area (Å²) in [5, 5.41) is 3.00. The maximum atomic E-state index is 14.5. The van der Waals surface area contributed by atoms with Gasteiger partial charge in [-0.05, 0) is 79.8 Å². The Bertz CT molecular complexity index is 1700. The quantitative estimate of drug-likeness (QED) is 0.186. The zero-order valence-electron chi connectivity index (χ0n) is 27.0. The lowest BCUT2D eigenvalue weighted by Crippen LogP contribution is -2.56. The molecule has 0 aliphatic carbocycles. The lowest BCUT2D eigenvalue weighted by atomic mass is 10.0. The average molecular weight is 644 g/mol. The monoisotopic (exact) mass is 643 g/mol. The molecule has 4 aromatic carbocycles. The number of benzene rings is 4. The Morgan fingerprint density at radius 2 is 1.35 bits per heavy atom. The first kappa shape index (κ1) is 34.4. The molecule has 1 unspecified atom stereocenters. The highest BCUT2D eigenvalue weighted by Crippen LogP contribution is 2.27. The number of anilines is 1. The third kappa shape index (κ3) is 9.03. The van der Waals surface area contributed by atoms with Crippen molar-refractivity contribution in [1.82, 2.24) is 10.2 Å². The molecule has 4 aromatic rings. The molecule has 4 rings (SSSR count). The lowest BCUT2D eigenvalue weighted by molar-refractivity contribution is -0.140. The van der Waals surface area contributed by atoms with Gasteiger partial charge in [0, 0.05) is 18.5 Å². The van der Waals surface area contributed by atoms with Crippen LogP contribution in [0.5, 0.6) is 0 Å². The standard InChI is InChI=1S/C37H42FN3O4S/c1-27(2)30-18-22-32(23-19-30)41(46(44,45)33-14-10-7-11-15-33)26-35(42)40(25-29-16-20-31(38)21-17-29)34(36(43)39-37(3,4)5)24-28-12-8-6-9-13-28/h6-23,27,34H,24-26H2,1-5H3,(H,39,43). The van der Waals surface area contributed by atoms with Crippen molar-refractivity contribution in [3.8, 4) is 0 Å². The van der Waals surface area contributed by atoms with E-state index in [2.05, 4.69) is 5.32 Å². The molecule has 0 aliphatic rings. The zero-order chi connectivity index (χ0) is 33.5. The van der Waals surface area contributed by atoms with Gasteiger partial charge in [0.1, 0.15) is 18.4 Å². The molecule has 1 N–H and O–H groups in total. The molecule has 2 amide bonds. The Morgan fingerprint density at radius 1 is 0.783 bits per heavy atom. The minimum absolute atomic E-state index is 0.0344. The Hall–Kier alpha value is -4.50. The van der Waals surface area contributed by atoms with Gasteiger partial charge in [-0.3, -0.25) is 13.9 Å². The van der Waals surface area contributed by atoms with Gasteiger partial charge in [-0.2, -0.15) is 0 Å². The minimum Gasteiger partial charge on any atom is -0.350 e. The van der Waals surface area contributed by atoms with Gasteiger partial charge in [0.2, 0.25) is 11.8 Å². The fourth-order valence-corrected chi connectivity index (χ4v) is 6.50. The van der Waals surface area contributed by atoms with E-state index in [1.54, 1.807) is 42.5 Å². The number of rotatable bonds is 12. The molecule has 0 heterocycles. The molecule has 0 spiro atoms. The van der Waals surface area contributed by atoms with E-state index in [0.29, 0.717) is 11.3 Å². The number of halogens is 1. The summed E-state index contributed by atoms with van der Waals surface area (Å²) in [6, 6.07) is 29.1. The highest BCUT2D eigenvalue weighted by atomic mass is 32.2. The van der Waals surface area contributed by atoms with Crippen molar-refractivity contribution in [3.63, 3.8) is 0 Å². The second kappa shape index (κ2) is 14.7. The summed E-state index contributed by atoms with van der Waals surface area (Å²) in [7, 11) is -4.19. The highest BCUT2D eigenvalue weighted by molar-refractivity contribution is 7.92. The second-order valence-electron chi connectivity index (χ2n) is 12.7. The van der Waals surface area contributed by atoms with Gasteiger partial charge in [0.15, 0.2) is 0 Å². The van der Waals surface area contributed by atoms with Crippen molar-refractivity contribution < 1.29 is 22.4 Å². The molecule has 242 valence electrons. The Balaban J connectivity index is 1.81. The van der Waals surface area contributed by atoms with Crippen LogP contribution in [0.25, 0.3) is 0 Å². The molecule has 7 nitrogen and oxygen atoms in total. The fourth-order valence-electron chi connectivity index (χ4n) is 5.07. The number of amides is 2. The molecule has 0 saturated carbocycles. The first-order valence-electron chi connectivity index (χ1n) is 15.3. The molecule has 0 saturated heterocycles. The fraction of sp³-hybridized carbons (Fsp3) is 0.297. The summed E-state index contributed by atoms with van der Waals surface area (Å²) in [5.74, 6) is -1.17. The van der Waals surface area contributed by atoms with Gasteiger partial charge in [-0.1, -0.05) is 86.6 Å². The Labute approximate surface area is 272 Å². The Morgan fingerprint density at radius 3 is 1.89 bits per heavy atom. The van der Waals surface area contributed by atoms with Crippen LogP contribution in [-0.4, -0.2) is 43.3 Å². The maximum absolute atomic E-state index is 14.5. The van der Waals surface area contributed by atoms with Crippen LogP contribution in [0, 0.1) is 5.82 Å². The molecule has 46 heavy (non-hydrogen) atoms. The van der Waals surface area contributed by atoms with E-state index in [0.717, 1.165) is 15.4 Å². The zero-order valence-corrected chi connectivity index (χ0v) is 27.8. The van der Waals surface area contributed by atoms with Gasteiger partial charge in [0.05, 0.1) is 10.6 Å². The SMILES string of the molecule is CC(C)c1ccc(N(CC(=O)N(Cc2ccc(F)cc2)C(Cc2ccccc2)C(=O)NC(C)(C)C)S(=O)(=O)c2ccccc2)cc1. The first-order valence-corrected chi connectivity index (χ1v) is 16.8. The third-order valence-corrected chi connectivity index (χ3v) is 9.28. The minimum atomic E-state index is -4.19. The van der Waals surface area contributed by atoms with E-state index in [-0.39, 0.29) is 29.7 Å². The van der Waals surface area contributed by atoms with E-state index < -0.39 is 39.9 Å². The molecule has 0 aliphatic heterocycles. The molecule has 0 bridgehead atoms. The van der Waals surface area contributed by atoms with Crippen molar-refractivity contribution in [2.24, 2.45) is 0 Å². The van der Waals surface area contributed by atoms with Gasteiger partial charge < -0.3 is 10.2 Å². The van der Waals surface area contributed by atoms with Gasteiger partial charge in [0.25, 0.3) is 10.0 Å². The summed E-state index contributed by atoms with van der Waals surface area (Å²) in [6.45, 7) is 9.04. The van der Waals surface area contributed by atoms with Crippen LogP contribution in [0.2, 0.25) is 0 Å². The summed E-state index contributed by atoms with van der Waals surface area (Å²) < 4.78 is 43.2. The van der Waals surface area contributed by atoms with Crippen molar-refractivity contribution >= 4 is 27.5 Å². The van der Waals surface area contributed by atoms with Crippen LogP contribution >= 0.6 is 0 Å². The van der Waals surface area contributed by atoms with Crippen molar-refractivity contribution in [3.05, 3.63) is 132 Å². The van der Waals surface area contributed by atoms with Gasteiger partial charge >= 0.3 is 0 Å². The Kier molecular flexibility index (Phi) is 11.0. The van der Waals surface area contributed by atoms with Crippen LogP contribution in [0.3, 0.4) is 0 Å². The number of nitrogens with zero attached hydrogens (tertiary/aromatic N) is 2. The number of hydrogen-bond donors (Lipinski definition) is 1. The van der Waals surface area contributed by atoms with Crippen molar-refractivity contribution in [2.75, 3.05) is 10.8 Å². The van der Waals surface area contributed by atoms with Crippen LogP contribution in [0.4, 0.5) is 10.1 Å². The van der Waals surface area contributed by atoms with Crippen LogP contribution in [0.1, 0.15) is 57.2 Å². The predicted octanol–water partition coefficient (Wildman–Crippen LogP) is 6.70. The summed E-state index contributed by atoms with van der Waals surface area (Å²) in [4.78, 5) is 29.9. The van der Waals surface area contributed by atoms with Crippen LogP contribution < -0.4 is 9.62 Å². The summed E-state index contributed by atoms with van der Waals surface area (Å²) >= 11 is 0. The number of hydrogen-bond acceptors (Lipinski definition) is 4. The molecule has 9 heteroatoms. The van der Waals surface area contributed by atoms with E-state index in [1.807, 2.05) is 77.1 Å². The summed E-state index contributed by atoms with van der Waals surface area (Å²) in [5.41, 5.74) is 2.16. The summed E-state index contributed by atoms with van der Waals surface area (Å²) in [6.07, 6.45) is 0.185. The van der Waals surface area contributed by atoms with Crippen molar-refractivity contribution in [1.29, 1.82) is 0 Å². The van der Waals surface area contributed by atoms with Gasteiger partial charge in [-0.15, -0.1) is 0 Å². The average Bonchev–Trinajstić information content (AvgIpc) is 3.02. The highest BCUT2D eigenvalue weighted by Gasteiger charge is 2.35.